The molecule has 7 heteroatoms. The van der Waals surface area contributed by atoms with Gasteiger partial charge < -0.3 is 15.1 Å². The molecule has 0 bridgehead atoms. The van der Waals surface area contributed by atoms with Gasteiger partial charge in [0.05, 0.1) is 6.10 Å². The Hall–Kier alpha value is -1.63. The minimum atomic E-state index is -0.789. The van der Waals surface area contributed by atoms with Crippen molar-refractivity contribution in [2.75, 3.05) is 6.54 Å². The summed E-state index contributed by atoms with van der Waals surface area (Å²) in [4.78, 5) is 36.0. The predicted octanol–water partition coefficient (Wildman–Crippen LogP) is 2.52. The second-order valence-corrected chi connectivity index (χ2v) is 6.78. The SMILES string of the molecule is CCC(CC)C(O)CCN1C(=O)NC(=O)C1CCCCCCC(=O)O. The van der Waals surface area contributed by atoms with Crippen molar-refractivity contribution in [3.63, 3.8) is 0 Å². The minimum Gasteiger partial charge on any atom is -0.481 e. The normalized spacial score (nSPS) is 18.7. The van der Waals surface area contributed by atoms with Crippen molar-refractivity contribution in [2.45, 2.75) is 83.8 Å². The van der Waals surface area contributed by atoms with E-state index in [9.17, 15) is 19.5 Å². The average Bonchev–Trinajstić information content (AvgIpc) is 2.83. The van der Waals surface area contributed by atoms with E-state index < -0.39 is 18.1 Å². The molecule has 7 nitrogen and oxygen atoms in total. The average molecular weight is 356 g/mol. The van der Waals surface area contributed by atoms with Gasteiger partial charge in [0.1, 0.15) is 6.04 Å². The van der Waals surface area contributed by atoms with Crippen molar-refractivity contribution in [3.05, 3.63) is 0 Å². The first-order chi connectivity index (χ1) is 11.9. The first kappa shape index (κ1) is 21.4. The van der Waals surface area contributed by atoms with Gasteiger partial charge in [0.25, 0.3) is 5.91 Å². The fraction of sp³-hybridized carbons (Fsp3) is 0.833. The van der Waals surface area contributed by atoms with Crippen LogP contribution in [0.3, 0.4) is 0 Å². The third-order valence-corrected chi connectivity index (χ3v) is 5.05. The van der Waals surface area contributed by atoms with E-state index in [-0.39, 0.29) is 24.3 Å². The third-order valence-electron chi connectivity index (χ3n) is 5.05. The summed E-state index contributed by atoms with van der Waals surface area (Å²) in [7, 11) is 0. The van der Waals surface area contributed by atoms with Crippen LogP contribution in [-0.4, -0.2) is 51.7 Å². The Morgan fingerprint density at radius 2 is 1.80 bits per heavy atom. The number of hydrogen-bond acceptors (Lipinski definition) is 4. The Balaban J connectivity index is 2.41. The number of nitrogens with zero attached hydrogens (tertiary/aromatic N) is 1. The highest BCUT2D eigenvalue weighted by Gasteiger charge is 2.37. The molecule has 0 aromatic carbocycles. The van der Waals surface area contributed by atoms with E-state index in [0.29, 0.717) is 25.8 Å². The Bertz CT molecular complexity index is 451. The third kappa shape index (κ3) is 7.02. The maximum absolute atomic E-state index is 12.0. The quantitative estimate of drug-likeness (QED) is 0.347. The van der Waals surface area contributed by atoms with Crippen molar-refractivity contribution in [2.24, 2.45) is 5.92 Å². The van der Waals surface area contributed by atoms with Crippen LogP contribution in [0, 0.1) is 5.92 Å². The van der Waals surface area contributed by atoms with Gasteiger partial charge >= 0.3 is 12.0 Å². The summed E-state index contributed by atoms with van der Waals surface area (Å²) in [6, 6.07) is -0.849. The molecule has 0 aromatic heterocycles. The van der Waals surface area contributed by atoms with Gasteiger partial charge in [0.15, 0.2) is 0 Å². The number of hydrogen-bond donors (Lipinski definition) is 3. The van der Waals surface area contributed by atoms with E-state index in [4.69, 9.17) is 5.11 Å². The fourth-order valence-electron chi connectivity index (χ4n) is 3.40. The first-order valence-corrected chi connectivity index (χ1v) is 9.41. The molecular weight excluding hydrogens is 324 g/mol. The zero-order chi connectivity index (χ0) is 18.8. The number of amides is 3. The van der Waals surface area contributed by atoms with Gasteiger partial charge in [-0.15, -0.1) is 0 Å². The number of aliphatic carboxylic acids is 1. The number of nitrogens with one attached hydrogen (secondary N) is 1. The van der Waals surface area contributed by atoms with E-state index in [1.54, 1.807) is 0 Å². The zero-order valence-corrected chi connectivity index (χ0v) is 15.4. The largest absolute Gasteiger partial charge is 0.481 e. The summed E-state index contributed by atoms with van der Waals surface area (Å²) in [6.45, 7) is 4.45. The molecule has 3 N–H and O–H groups in total. The van der Waals surface area contributed by atoms with Crippen LogP contribution in [-0.2, 0) is 9.59 Å². The summed E-state index contributed by atoms with van der Waals surface area (Å²) in [5.41, 5.74) is 0. The zero-order valence-electron chi connectivity index (χ0n) is 15.4. The lowest BCUT2D eigenvalue weighted by atomic mass is 9.94. The Morgan fingerprint density at radius 1 is 1.16 bits per heavy atom. The molecule has 2 atom stereocenters. The van der Waals surface area contributed by atoms with Crippen LogP contribution in [0.25, 0.3) is 0 Å². The van der Waals surface area contributed by atoms with E-state index in [0.717, 1.165) is 32.1 Å². The fourth-order valence-corrected chi connectivity index (χ4v) is 3.40. The molecule has 0 radical (unpaired) electrons. The predicted molar refractivity (Wildman–Crippen MR) is 94.1 cm³/mol. The standard InChI is InChI=1S/C18H32N2O5/c1-3-13(4-2)15(21)11-12-20-14(17(24)19-18(20)25)9-7-5-6-8-10-16(22)23/h13-15,21H,3-12H2,1-2H3,(H,22,23)(H,19,24,25). The molecule has 144 valence electrons. The monoisotopic (exact) mass is 356 g/mol. The van der Waals surface area contributed by atoms with E-state index in [1.807, 2.05) is 13.8 Å². The number of carboxylic acids is 1. The van der Waals surface area contributed by atoms with Crippen LogP contribution in [0.4, 0.5) is 4.79 Å². The summed E-state index contributed by atoms with van der Waals surface area (Å²) >= 11 is 0. The molecule has 1 aliphatic rings. The van der Waals surface area contributed by atoms with E-state index in [1.165, 1.54) is 4.90 Å². The lowest BCUT2D eigenvalue weighted by Crippen LogP contribution is -2.38. The highest BCUT2D eigenvalue weighted by atomic mass is 16.4. The van der Waals surface area contributed by atoms with E-state index in [2.05, 4.69) is 5.32 Å². The molecule has 1 saturated heterocycles. The van der Waals surface area contributed by atoms with Gasteiger partial charge in [0.2, 0.25) is 0 Å². The van der Waals surface area contributed by atoms with Gasteiger partial charge in [0, 0.05) is 13.0 Å². The molecule has 1 rings (SSSR count). The molecule has 1 fully saturated rings. The van der Waals surface area contributed by atoms with Crippen LogP contribution >= 0.6 is 0 Å². The van der Waals surface area contributed by atoms with Crippen LogP contribution in [0.5, 0.6) is 0 Å². The molecule has 0 aromatic rings. The number of carbonyl (C=O) groups excluding carboxylic acids is 2. The lowest BCUT2D eigenvalue weighted by molar-refractivity contribution is -0.137. The number of urea groups is 1. The molecule has 1 aliphatic heterocycles. The molecule has 25 heavy (non-hydrogen) atoms. The number of aliphatic hydroxyl groups excluding tert-OH is 1. The van der Waals surface area contributed by atoms with Gasteiger partial charge in [-0.05, 0) is 25.2 Å². The van der Waals surface area contributed by atoms with Gasteiger partial charge in [-0.3, -0.25) is 14.9 Å². The molecule has 0 spiro atoms. The number of imide groups is 1. The van der Waals surface area contributed by atoms with Crippen LogP contribution in [0.1, 0.15) is 71.6 Å². The Labute approximate surface area is 149 Å². The Morgan fingerprint density at radius 3 is 2.40 bits per heavy atom. The number of rotatable bonds is 13. The summed E-state index contributed by atoms with van der Waals surface area (Å²) < 4.78 is 0. The minimum absolute atomic E-state index is 0.169. The van der Waals surface area contributed by atoms with Crippen LogP contribution < -0.4 is 5.32 Å². The number of carboxylic acid groups (broad SMARTS) is 1. The molecule has 3 amide bonds. The van der Waals surface area contributed by atoms with Gasteiger partial charge in [-0.2, -0.15) is 0 Å². The van der Waals surface area contributed by atoms with Crippen molar-refractivity contribution in [1.29, 1.82) is 0 Å². The maximum Gasteiger partial charge on any atom is 0.324 e. The highest BCUT2D eigenvalue weighted by Crippen LogP contribution is 2.20. The first-order valence-electron chi connectivity index (χ1n) is 9.41. The Kier molecular flexibility index (Phi) is 9.49. The molecule has 1 heterocycles. The molecule has 0 aliphatic carbocycles. The van der Waals surface area contributed by atoms with E-state index >= 15 is 0 Å². The van der Waals surface area contributed by atoms with Gasteiger partial charge in [-0.1, -0.05) is 46.0 Å². The van der Waals surface area contributed by atoms with Crippen molar-refractivity contribution < 1.29 is 24.6 Å². The number of aliphatic hydroxyl groups is 1. The second-order valence-electron chi connectivity index (χ2n) is 6.78. The molecule has 2 unspecified atom stereocenters. The maximum atomic E-state index is 12.0. The lowest BCUT2D eigenvalue weighted by Gasteiger charge is -2.25. The van der Waals surface area contributed by atoms with Crippen molar-refractivity contribution >= 4 is 17.9 Å². The summed E-state index contributed by atoms with van der Waals surface area (Å²) in [5, 5.41) is 21.2. The number of carbonyl (C=O) groups is 3. The van der Waals surface area contributed by atoms with Crippen LogP contribution in [0.2, 0.25) is 0 Å². The topological polar surface area (TPSA) is 107 Å². The molecular formula is C18H32N2O5. The highest BCUT2D eigenvalue weighted by molar-refractivity contribution is 6.04. The van der Waals surface area contributed by atoms with Crippen LogP contribution in [0.15, 0.2) is 0 Å². The van der Waals surface area contributed by atoms with Crippen molar-refractivity contribution in [3.8, 4) is 0 Å². The van der Waals surface area contributed by atoms with Gasteiger partial charge in [-0.25, -0.2) is 4.79 Å². The second kappa shape index (κ2) is 11.1. The smallest absolute Gasteiger partial charge is 0.324 e. The number of unbranched alkanes of at least 4 members (excludes halogenated alkanes) is 3. The summed E-state index contributed by atoms with van der Waals surface area (Å²) in [6.07, 6.45) is 5.60. The summed E-state index contributed by atoms with van der Waals surface area (Å²) in [5.74, 6) is -0.843. The molecule has 0 saturated carbocycles. The van der Waals surface area contributed by atoms with Crippen molar-refractivity contribution in [1.82, 2.24) is 10.2 Å².